The summed E-state index contributed by atoms with van der Waals surface area (Å²) in [7, 11) is 0. The van der Waals surface area contributed by atoms with Crippen LogP contribution in [0.5, 0.6) is 0 Å². The van der Waals surface area contributed by atoms with Crippen molar-refractivity contribution in [1.82, 2.24) is 35.4 Å². The number of halogens is 6. The molecule has 0 bridgehead atoms. The third kappa shape index (κ3) is 3.88. The van der Waals surface area contributed by atoms with Crippen molar-refractivity contribution in [3.8, 4) is 11.5 Å². The van der Waals surface area contributed by atoms with Gasteiger partial charge in [0.1, 0.15) is 29.2 Å². The number of hydrogen-bond acceptors (Lipinski definition) is 7. The molecule has 186 valence electrons. The molecule has 1 aliphatic heterocycles. The van der Waals surface area contributed by atoms with Crippen LogP contribution in [-0.4, -0.2) is 36.8 Å². The van der Waals surface area contributed by atoms with Gasteiger partial charge in [0.15, 0.2) is 17.5 Å². The van der Waals surface area contributed by atoms with Crippen LogP contribution in [0.1, 0.15) is 23.9 Å². The molecule has 0 fully saturated rings. The third-order valence-electron chi connectivity index (χ3n) is 5.70. The zero-order valence-electron chi connectivity index (χ0n) is 18.3. The molecule has 0 amide bonds. The minimum absolute atomic E-state index is 0.0261. The normalized spacial score (nSPS) is 16.1. The van der Waals surface area contributed by atoms with Gasteiger partial charge in [0.2, 0.25) is 0 Å². The van der Waals surface area contributed by atoms with Crippen LogP contribution in [0.3, 0.4) is 0 Å². The zero-order valence-corrected chi connectivity index (χ0v) is 18.3. The number of alkyl halides is 3. The minimum Gasteiger partial charge on any atom is -0.383 e. The van der Waals surface area contributed by atoms with E-state index in [1.807, 2.05) is 0 Å². The van der Waals surface area contributed by atoms with Gasteiger partial charge in [-0.1, -0.05) is 0 Å². The third-order valence-corrected chi connectivity index (χ3v) is 5.70. The Morgan fingerprint density at radius 1 is 1.08 bits per heavy atom. The molecule has 3 aromatic heterocycles. The van der Waals surface area contributed by atoms with E-state index in [-0.39, 0.29) is 40.0 Å². The number of aromatic nitrogens is 5. The Balaban J connectivity index is 1.59. The maximum absolute atomic E-state index is 14.3. The largest absolute Gasteiger partial charge is 0.409 e. The molecule has 0 saturated heterocycles. The number of hydrogen-bond donors (Lipinski definition) is 3. The monoisotopic (exact) mass is 506 g/mol. The first-order valence-electron chi connectivity index (χ1n) is 10.4. The second kappa shape index (κ2) is 8.48. The topological polar surface area (TPSA) is 106 Å². The second-order valence-electron chi connectivity index (χ2n) is 7.97. The van der Waals surface area contributed by atoms with Gasteiger partial charge in [0.25, 0.3) is 0 Å². The van der Waals surface area contributed by atoms with E-state index in [4.69, 9.17) is 5.73 Å². The molecule has 0 saturated carbocycles. The molecule has 4 N–H and O–H groups in total. The highest BCUT2D eigenvalue weighted by Crippen LogP contribution is 2.37. The molecule has 4 heterocycles. The highest BCUT2D eigenvalue weighted by Gasteiger charge is 2.46. The number of nitrogens with two attached hydrogens (primary N) is 1. The van der Waals surface area contributed by atoms with Crippen LogP contribution < -0.4 is 16.6 Å². The SMILES string of the molecule is CC1=C(c2cnc(-c3nc(Cc4c(F)ccc(F)c4F)n4ncccc34)nc2N)C(C(F)(F)F)NN1. The summed E-state index contributed by atoms with van der Waals surface area (Å²) < 4.78 is 83.9. The number of imidazole rings is 1. The van der Waals surface area contributed by atoms with E-state index in [0.717, 1.165) is 12.3 Å². The van der Waals surface area contributed by atoms with Crippen molar-refractivity contribution in [2.45, 2.75) is 25.6 Å². The maximum atomic E-state index is 14.3. The Morgan fingerprint density at radius 2 is 1.83 bits per heavy atom. The Labute approximate surface area is 198 Å². The van der Waals surface area contributed by atoms with Crippen molar-refractivity contribution in [3.63, 3.8) is 0 Å². The molecule has 5 rings (SSSR count). The lowest BCUT2D eigenvalue weighted by Gasteiger charge is -2.18. The lowest BCUT2D eigenvalue weighted by Crippen LogP contribution is -2.43. The highest BCUT2D eigenvalue weighted by atomic mass is 19.4. The smallest absolute Gasteiger partial charge is 0.383 e. The summed E-state index contributed by atoms with van der Waals surface area (Å²) in [5, 5.41) is 4.13. The molecule has 1 aromatic carbocycles. The summed E-state index contributed by atoms with van der Waals surface area (Å²) in [6.07, 6.45) is -2.49. The molecule has 36 heavy (non-hydrogen) atoms. The number of anilines is 1. The minimum atomic E-state index is -4.60. The molecular formula is C22H16F6N8. The first kappa shape index (κ1) is 23.5. The van der Waals surface area contributed by atoms with Crippen LogP contribution in [0, 0.1) is 17.5 Å². The summed E-state index contributed by atoms with van der Waals surface area (Å²) in [4.78, 5) is 12.7. The van der Waals surface area contributed by atoms with Gasteiger partial charge in [-0.05, 0) is 31.2 Å². The summed E-state index contributed by atoms with van der Waals surface area (Å²) >= 11 is 0. The molecule has 1 aliphatic rings. The highest BCUT2D eigenvalue weighted by molar-refractivity contribution is 5.81. The Bertz CT molecular complexity index is 1530. The van der Waals surface area contributed by atoms with Gasteiger partial charge < -0.3 is 11.2 Å². The summed E-state index contributed by atoms with van der Waals surface area (Å²) in [5.41, 5.74) is 10.6. The summed E-state index contributed by atoms with van der Waals surface area (Å²) in [6, 6.07) is 2.62. The lowest BCUT2D eigenvalue weighted by molar-refractivity contribution is -0.141. The molecule has 0 aliphatic carbocycles. The van der Waals surface area contributed by atoms with Gasteiger partial charge in [-0.3, -0.25) is 0 Å². The first-order chi connectivity index (χ1) is 17.1. The van der Waals surface area contributed by atoms with Gasteiger partial charge >= 0.3 is 6.18 Å². The van der Waals surface area contributed by atoms with Crippen molar-refractivity contribution >= 4 is 16.9 Å². The van der Waals surface area contributed by atoms with E-state index in [2.05, 4.69) is 30.9 Å². The van der Waals surface area contributed by atoms with Gasteiger partial charge in [-0.2, -0.15) is 18.3 Å². The van der Waals surface area contributed by atoms with Crippen molar-refractivity contribution in [3.05, 3.63) is 76.8 Å². The Kier molecular flexibility index (Phi) is 5.54. The molecule has 0 radical (unpaired) electrons. The van der Waals surface area contributed by atoms with Gasteiger partial charge in [-0.15, -0.1) is 0 Å². The van der Waals surface area contributed by atoms with E-state index in [1.165, 1.54) is 17.6 Å². The van der Waals surface area contributed by atoms with E-state index >= 15 is 0 Å². The number of nitrogens with zero attached hydrogens (tertiary/aromatic N) is 5. The predicted octanol–water partition coefficient (Wildman–Crippen LogP) is 3.55. The summed E-state index contributed by atoms with van der Waals surface area (Å²) in [5.74, 6) is -3.76. The van der Waals surface area contributed by atoms with E-state index in [1.54, 1.807) is 12.1 Å². The standard InChI is InChI=1S/C22H16F6N8/c1-9-16(19(35-34-9)22(26,27)28)11-8-30-21(33-20(11)29)18-14-3-2-6-31-36(14)15(32-18)7-10-12(23)4-5-13(24)17(10)25/h2-6,8,19,34-35H,7H2,1H3,(H2,29,30,33). The van der Waals surface area contributed by atoms with E-state index in [0.29, 0.717) is 11.6 Å². The van der Waals surface area contributed by atoms with Crippen LogP contribution in [-0.2, 0) is 6.42 Å². The van der Waals surface area contributed by atoms with Crippen molar-refractivity contribution in [1.29, 1.82) is 0 Å². The Morgan fingerprint density at radius 3 is 2.56 bits per heavy atom. The van der Waals surface area contributed by atoms with Crippen LogP contribution in [0.15, 0.2) is 42.4 Å². The van der Waals surface area contributed by atoms with Crippen LogP contribution in [0.4, 0.5) is 32.2 Å². The fourth-order valence-corrected chi connectivity index (χ4v) is 4.02. The predicted molar refractivity (Wildman–Crippen MR) is 116 cm³/mol. The summed E-state index contributed by atoms with van der Waals surface area (Å²) in [6.45, 7) is 1.45. The average Bonchev–Trinajstić information content (AvgIpc) is 3.40. The zero-order chi connectivity index (χ0) is 25.8. The van der Waals surface area contributed by atoms with Crippen LogP contribution >= 0.6 is 0 Å². The maximum Gasteiger partial charge on any atom is 0.409 e. The van der Waals surface area contributed by atoms with Crippen LogP contribution in [0.25, 0.3) is 22.6 Å². The fourth-order valence-electron chi connectivity index (χ4n) is 4.02. The van der Waals surface area contributed by atoms with E-state index < -0.39 is 41.7 Å². The molecule has 8 nitrogen and oxygen atoms in total. The molecule has 14 heteroatoms. The first-order valence-corrected chi connectivity index (χ1v) is 10.4. The van der Waals surface area contributed by atoms with Gasteiger partial charge in [-0.25, -0.2) is 38.1 Å². The molecule has 1 atom stereocenters. The second-order valence-corrected chi connectivity index (χ2v) is 7.97. The van der Waals surface area contributed by atoms with Crippen molar-refractivity contribution in [2.24, 2.45) is 0 Å². The number of fused-ring (bicyclic) bond motifs is 1. The fraction of sp³-hybridized carbons (Fsp3) is 0.182. The van der Waals surface area contributed by atoms with E-state index in [9.17, 15) is 26.3 Å². The quantitative estimate of drug-likeness (QED) is 0.287. The Hall–Kier alpha value is -4.20. The lowest BCUT2D eigenvalue weighted by atomic mass is 9.99. The van der Waals surface area contributed by atoms with Gasteiger partial charge in [0, 0.05) is 41.2 Å². The molecular weight excluding hydrogens is 490 g/mol. The number of allylic oxidation sites excluding steroid dienone is 1. The van der Waals surface area contributed by atoms with Gasteiger partial charge in [0.05, 0.1) is 5.52 Å². The molecule has 4 aromatic rings. The number of nitrogen functional groups attached to an aromatic ring is 1. The molecule has 1 unspecified atom stereocenters. The number of rotatable bonds is 4. The molecule has 0 spiro atoms. The average molecular weight is 506 g/mol. The van der Waals surface area contributed by atoms with Crippen LogP contribution in [0.2, 0.25) is 0 Å². The number of nitrogens with one attached hydrogen (secondary N) is 2. The van der Waals surface area contributed by atoms with Crippen molar-refractivity contribution < 1.29 is 26.3 Å². The number of benzene rings is 1. The van der Waals surface area contributed by atoms with Crippen molar-refractivity contribution in [2.75, 3.05) is 5.73 Å². The number of hydrazine groups is 1.